The van der Waals surface area contributed by atoms with E-state index in [1.165, 1.54) is 11.1 Å². The smallest absolute Gasteiger partial charge is 0.227 e. The molecule has 2 fully saturated rings. The molecule has 5 rings (SSSR count). The normalized spacial score (nSPS) is 21.5. The zero-order chi connectivity index (χ0) is 18.3. The number of hydrogen-bond acceptors (Lipinski definition) is 6. The lowest BCUT2D eigenvalue weighted by atomic mass is 10.0. The highest BCUT2D eigenvalue weighted by Gasteiger charge is 2.40. The Morgan fingerprint density at radius 2 is 1.67 bits per heavy atom. The summed E-state index contributed by atoms with van der Waals surface area (Å²) in [5.74, 6) is 1.51. The molecule has 3 aliphatic rings. The van der Waals surface area contributed by atoms with E-state index in [-0.39, 0.29) is 5.79 Å². The monoisotopic (exact) mass is 366 g/mol. The van der Waals surface area contributed by atoms with E-state index in [0.717, 1.165) is 62.9 Å². The van der Waals surface area contributed by atoms with E-state index in [2.05, 4.69) is 47.1 Å². The van der Waals surface area contributed by atoms with Crippen LogP contribution in [-0.4, -0.2) is 48.6 Å². The summed E-state index contributed by atoms with van der Waals surface area (Å²) in [6.07, 6.45) is 2.83. The lowest BCUT2D eigenvalue weighted by molar-refractivity contribution is -0.169. The van der Waals surface area contributed by atoms with Crippen molar-refractivity contribution in [2.75, 3.05) is 42.6 Å². The molecule has 4 heterocycles. The molecular weight excluding hydrogens is 340 g/mol. The van der Waals surface area contributed by atoms with E-state index in [0.29, 0.717) is 13.2 Å². The van der Waals surface area contributed by atoms with Gasteiger partial charge >= 0.3 is 0 Å². The van der Waals surface area contributed by atoms with Gasteiger partial charge in [-0.3, -0.25) is 0 Å². The molecule has 2 saturated heterocycles. The first kappa shape index (κ1) is 17.0. The molecule has 0 atom stereocenters. The molecule has 1 spiro atoms. The molecule has 27 heavy (non-hydrogen) atoms. The van der Waals surface area contributed by atoms with Gasteiger partial charge in [0.05, 0.1) is 13.2 Å². The van der Waals surface area contributed by atoms with Gasteiger partial charge in [0.1, 0.15) is 5.82 Å². The van der Waals surface area contributed by atoms with Gasteiger partial charge in [-0.15, -0.1) is 0 Å². The summed E-state index contributed by atoms with van der Waals surface area (Å²) < 4.78 is 11.7. The number of aryl methyl sites for hydroxylation is 1. The Labute approximate surface area is 160 Å². The van der Waals surface area contributed by atoms with E-state index in [9.17, 15) is 0 Å². The molecule has 0 amide bonds. The van der Waals surface area contributed by atoms with E-state index >= 15 is 0 Å². The summed E-state index contributed by atoms with van der Waals surface area (Å²) in [4.78, 5) is 14.3. The van der Waals surface area contributed by atoms with Gasteiger partial charge in [-0.2, -0.15) is 4.98 Å². The van der Waals surface area contributed by atoms with Crippen molar-refractivity contribution in [1.29, 1.82) is 0 Å². The average molecular weight is 366 g/mol. The summed E-state index contributed by atoms with van der Waals surface area (Å²) in [6.45, 7) is 7.13. The minimum atomic E-state index is -0.349. The fourth-order valence-corrected chi connectivity index (χ4v) is 4.37. The topological polar surface area (TPSA) is 50.7 Å². The third-order valence-electron chi connectivity index (χ3n) is 5.91. The summed E-state index contributed by atoms with van der Waals surface area (Å²) >= 11 is 0. The van der Waals surface area contributed by atoms with Gasteiger partial charge in [0, 0.05) is 50.8 Å². The number of hydrogen-bond donors (Lipinski definition) is 0. The van der Waals surface area contributed by atoms with Gasteiger partial charge in [-0.25, -0.2) is 4.98 Å². The van der Waals surface area contributed by atoms with E-state index in [1.807, 2.05) is 0 Å². The van der Waals surface area contributed by atoms with Crippen molar-refractivity contribution in [3.63, 3.8) is 0 Å². The molecule has 0 aliphatic carbocycles. The average Bonchev–Trinajstić information content (AvgIpc) is 3.15. The number of aromatic nitrogens is 2. The maximum atomic E-state index is 5.85. The Bertz CT molecular complexity index is 825. The molecule has 3 aliphatic heterocycles. The number of nitrogens with zero attached hydrogens (tertiary/aromatic N) is 4. The van der Waals surface area contributed by atoms with Crippen molar-refractivity contribution in [1.82, 2.24) is 9.97 Å². The summed E-state index contributed by atoms with van der Waals surface area (Å²) in [5.41, 5.74) is 3.84. The molecule has 1 aromatic heterocycles. The predicted octanol–water partition coefficient (Wildman–Crippen LogP) is 2.69. The van der Waals surface area contributed by atoms with Crippen LogP contribution in [0.25, 0.3) is 0 Å². The predicted molar refractivity (Wildman–Crippen MR) is 104 cm³/mol. The van der Waals surface area contributed by atoms with Crippen LogP contribution < -0.4 is 9.80 Å². The standard InChI is InChI=1S/C21H26N4O2/c1-16-14-19(24-10-7-21(8-11-24)26-12-13-27-21)23-20(22-16)25-9-6-17-4-2-3-5-18(17)15-25/h2-5,14H,6-13,15H2,1H3. The molecule has 1 aromatic carbocycles. The second-order valence-corrected chi connectivity index (χ2v) is 7.70. The van der Waals surface area contributed by atoms with Crippen LogP contribution in [0.4, 0.5) is 11.8 Å². The quantitative estimate of drug-likeness (QED) is 0.815. The molecule has 6 heteroatoms. The first-order chi connectivity index (χ1) is 13.2. The van der Waals surface area contributed by atoms with Crippen LogP contribution >= 0.6 is 0 Å². The zero-order valence-corrected chi connectivity index (χ0v) is 15.9. The Hall–Kier alpha value is -2.18. The van der Waals surface area contributed by atoms with Crippen molar-refractivity contribution in [3.05, 3.63) is 47.2 Å². The largest absolute Gasteiger partial charge is 0.356 e. The molecule has 0 N–H and O–H groups in total. The molecular formula is C21H26N4O2. The molecule has 6 nitrogen and oxygen atoms in total. The summed E-state index contributed by atoms with van der Waals surface area (Å²) in [7, 11) is 0. The SMILES string of the molecule is Cc1cc(N2CCC3(CC2)OCCO3)nc(N2CCc3ccccc3C2)n1. The van der Waals surface area contributed by atoms with Crippen LogP contribution in [0, 0.1) is 6.92 Å². The van der Waals surface area contributed by atoms with Crippen LogP contribution in [0.5, 0.6) is 0 Å². The van der Waals surface area contributed by atoms with Crippen molar-refractivity contribution >= 4 is 11.8 Å². The van der Waals surface area contributed by atoms with Gasteiger partial charge < -0.3 is 19.3 Å². The third kappa shape index (κ3) is 3.28. The molecule has 0 bridgehead atoms. The molecule has 142 valence electrons. The Kier molecular flexibility index (Phi) is 4.25. The van der Waals surface area contributed by atoms with Crippen molar-refractivity contribution in [3.8, 4) is 0 Å². The van der Waals surface area contributed by atoms with Gasteiger partial charge in [0.15, 0.2) is 5.79 Å². The number of benzene rings is 1. The number of piperidine rings is 1. The lowest BCUT2D eigenvalue weighted by Gasteiger charge is -2.38. The van der Waals surface area contributed by atoms with Gasteiger partial charge in [0.2, 0.25) is 5.95 Å². The Morgan fingerprint density at radius 3 is 2.44 bits per heavy atom. The first-order valence-electron chi connectivity index (χ1n) is 9.91. The lowest BCUT2D eigenvalue weighted by Crippen LogP contribution is -2.45. The Balaban J connectivity index is 1.35. The zero-order valence-electron chi connectivity index (χ0n) is 15.9. The third-order valence-corrected chi connectivity index (χ3v) is 5.91. The van der Waals surface area contributed by atoms with E-state index < -0.39 is 0 Å². The fourth-order valence-electron chi connectivity index (χ4n) is 4.37. The van der Waals surface area contributed by atoms with Crippen LogP contribution in [0.1, 0.15) is 29.7 Å². The molecule has 2 aromatic rings. The van der Waals surface area contributed by atoms with Gasteiger partial charge in [-0.1, -0.05) is 24.3 Å². The summed E-state index contributed by atoms with van der Waals surface area (Å²) in [5, 5.41) is 0. The van der Waals surface area contributed by atoms with Gasteiger partial charge in [-0.05, 0) is 24.5 Å². The molecule has 0 radical (unpaired) electrons. The van der Waals surface area contributed by atoms with Gasteiger partial charge in [0.25, 0.3) is 0 Å². The van der Waals surface area contributed by atoms with Crippen molar-refractivity contribution in [2.24, 2.45) is 0 Å². The number of fused-ring (bicyclic) bond motifs is 1. The highest BCUT2D eigenvalue weighted by atomic mass is 16.7. The van der Waals surface area contributed by atoms with Crippen molar-refractivity contribution in [2.45, 2.75) is 38.5 Å². The molecule has 0 unspecified atom stereocenters. The second kappa shape index (κ2) is 6.77. The minimum absolute atomic E-state index is 0.349. The van der Waals surface area contributed by atoms with E-state index in [1.54, 1.807) is 0 Å². The number of anilines is 2. The fraction of sp³-hybridized carbons (Fsp3) is 0.524. The minimum Gasteiger partial charge on any atom is -0.356 e. The highest BCUT2D eigenvalue weighted by Crippen LogP contribution is 2.33. The highest BCUT2D eigenvalue weighted by molar-refractivity contribution is 5.48. The maximum Gasteiger partial charge on any atom is 0.227 e. The second-order valence-electron chi connectivity index (χ2n) is 7.70. The van der Waals surface area contributed by atoms with Crippen LogP contribution in [-0.2, 0) is 22.4 Å². The van der Waals surface area contributed by atoms with E-state index in [4.69, 9.17) is 19.4 Å². The van der Waals surface area contributed by atoms with Crippen LogP contribution in [0.2, 0.25) is 0 Å². The molecule has 0 saturated carbocycles. The van der Waals surface area contributed by atoms with Crippen LogP contribution in [0.3, 0.4) is 0 Å². The number of rotatable bonds is 2. The summed E-state index contributed by atoms with van der Waals surface area (Å²) in [6, 6.07) is 10.8. The van der Waals surface area contributed by atoms with Crippen molar-refractivity contribution < 1.29 is 9.47 Å². The Morgan fingerprint density at radius 1 is 0.926 bits per heavy atom. The van der Waals surface area contributed by atoms with Crippen LogP contribution in [0.15, 0.2) is 30.3 Å². The maximum absolute atomic E-state index is 5.85. The first-order valence-corrected chi connectivity index (χ1v) is 9.91. The number of ether oxygens (including phenoxy) is 2.